The molecule has 12 aromatic rings. The SMILES string of the molecule is c1ccc(-c2cc3oc4ccc(-n5c6ccccc6c6ccccc65)cc4c3c3c2oc2ccc(-n4c5ccccc5c5ccccc54)cc23)cc1. The van der Waals surface area contributed by atoms with E-state index in [4.69, 9.17) is 8.83 Å². The van der Waals surface area contributed by atoms with E-state index in [2.05, 4.69) is 173 Å². The third kappa shape index (κ3) is 3.70. The van der Waals surface area contributed by atoms with Crippen LogP contribution in [-0.2, 0) is 0 Å². The summed E-state index contributed by atoms with van der Waals surface area (Å²) in [5, 5.41) is 9.19. The second-order valence-electron chi connectivity index (χ2n) is 13.7. The predicted octanol–water partition coefficient (Wildman–Crippen LogP) is 13.3. The molecule has 0 N–H and O–H groups in total. The van der Waals surface area contributed by atoms with E-state index in [1.54, 1.807) is 0 Å². The maximum atomic E-state index is 6.87. The summed E-state index contributed by atoms with van der Waals surface area (Å²) >= 11 is 0. The van der Waals surface area contributed by atoms with Crippen molar-refractivity contribution in [3.8, 4) is 22.5 Å². The number of aromatic nitrogens is 2. The fourth-order valence-electron chi connectivity index (χ4n) is 8.70. The highest BCUT2D eigenvalue weighted by Gasteiger charge is 2.23. The lowest BCUT2D eigenvalue weighted by Gasteiger charge is -2.09. The molecule has 0 atom stereocenters. The number of para-hydroxylation sites is 4. The van der Waals surface area contributed by atoms with Crippen molar-refractivity contribution in [3.63, 3.8) is 0 Å². The van der Waals surface area contributed by atoms with E-state index >= 15 is 0 Å². The Balaban J connectivity index is 1.20. The highest BCUT2D eigenvalue weighted by molar-refractivity contribution is 6.29. The molecule has 4 heteroatoms. The van der Waals surface area contributed by atoms with Crippen LogP contribution in [0.2, 0.25) is 0 Å². The first-order chi connectivity index (χ1) is 25.8. The maximum Gasteiger partial charge on any atom is 0.144 e. The average Bonchev–Trinajstić information content (AvgIpc) is 3.95. The molecule has 0 spiro atoms. The van der Waals surface area contributed by atoms with Gasteiger partial charge in [-0.3, -0.25) is 0 Å². The number of hydrogen-bond acceptors (Lipinski definition) is 2. The molecule has 0 aliphatic rings. The second kappa shape index (κ2) is 10.3. The standard InChI is InChI=1S/C48H28N2O2/c1-2-12-29(13-3-1)36-28-45-46(37-26-30(22-24-43(37)51-45)49-39-18-8-4-14-32(39)33-15-5-9-19-40(33)49)47-38-27-31(23-25-44(38)52-48(36)47)50-41-20-10-6-16-34(41)35-17-7-11-21-42(35)50/h1-28H. The lowest BCUT2D eigenvalue weighted by molar-refractivity contribution is 0.663. The van der Waals surface area contributed by atoms with Crippen molar-refractivity contribution in [2.75, 3.05) is 0 Å². The minimum atomic E-state index is 0.839. The third-order valence-electron chi connectivity index (χ3n) is 10.9. The maximum absolute atomic E-state index is 6.87. The van der Waals surface area contributed by atoms with Gasteiger partial charge in [0.25, 0.3) is 0 Å². The van der Waals surface area contributed by atoms with E-state index in [9.17, 15) is 0 Å². The first-order valence-electron chi connectivity index (χ1n) is 17.7. The molecule has 0 aliphatic heterocycles. The first-order valence-corrected chi connectivity index (χ1v) is 17.7. The number of furan rings is 2. The highest BCUT2D eigenvalue weighted by Crippen LogP contribution is 2.46. The van der Waals surface area contributed by atoms with Crippen molar-refractivity contribution in [1.82, 2.24) is 9.13 Å². The van der Waals surface area contributed by atoms with Crippen LogP contribution in [0.4, 0.5) is 0 Å². The molecule has 0 radical (unpaired) electrons. The fraction of sp³-hybridized carbons (Fsp3) is 0. The normalized spacial score (nSPS) is 12.2. The van der Waals surface area contributed by atoms with Crippen molar-refractivity contribution in [1.29, 1.82) is 0 Å². The summed E-state index contributed by atoms with van der Waals surface area (Å²) in [6.45, 7) is 0. The molecule has 242 valence electrons. The molecule has 0 saturated carbocycles. The Bertz CT molecular complexity index is 3300. The second-order valence-corrected chi connectivity index (χ2v) is 13.7. The van der Waals surface area contributed by atoms with Gasteiger partial charge in [-0.1, -0.05) is 103 Å². The zero-order valence-electron chi connectivity index (χ0n) is 27.9. The summed E-state index contributed by atoms with van der Waals surface area (Å²) in [5.41, 5.74) is 12.4. The van der Waals surface area contributed by atoms with Crippen LogP contribution in [0.5, 0.6) is 0 Å². The molecule has 0 aliphatic carbocycles. The average molecular weight is 665 g/mol. The molecule has 8 aromatic carbocycles. The number of fused-ring (bicyclic) bond motifs is 13. The molecule has 4 nitrogen and oxygen atoms in total. The third-order valence-corrected chi connectivity index (χ3v) is 10.9. The zero-order valence-corrected chi connectivity index (χ0v) is 27.9. The Morgan fingerprint density at radius 2 is 0.769 bits per heavy atom. The van der Waals surface area contributed by atoms with Crippen molar-refractivity contribution < 1.29 is 8.83 Å². The topological polar surface area (TPSA) is 36.1 Å². The van der Waals surface area contributed by atoms with Crippen LogP contribution in [0.1, 0.15) is 0 Å². The molecule has 4 heterocycles. The van der Waals surface area contributed by atoms with Crippen molar-refractivity contribution in [3.05, 3.63) is 170 Å². The number of rotatable bonds is 3. The smallest absolute Gasteiger partial charge is 0.144 e. The molecule has 0 bridgehead atoms. The lowest BCUT2D eigenvalue weighted by atomic mass is 9.98. The summed E-state index contributed by atoms with van der Waals surface area (Å²) in [5.74, 6) is 0. The largest absolute Gasteiger partial charge is 0.456 e. The van der Waals surface area contributed by atoms with Crippen LogP contribution in [0, 0.1) is 0 Å². The Morgan fingerprint density at radius 3 is 1.29 bits per heavy atom. The van der Waals surface area contributed by atoms with Gasteiger partial charge in [-0.2, -0.15) is 0 Å². The number of benzene rings is 8. The van der Waals surface area contributed by atoms with Gasteiger partial charge in [-0.15, -0.1) is 0 Å². The number of nitrogens with zero attached hydrogens (tertiary/aromatic N) is 2. The molecule has 0 fully saturated rings. The van der Waals surface area contributed by atoms with Crippen molar-refractivity contribution in [2.45, 2.75) is 0 Å². The van der Waals surface area contributed by atoms with Crippen molar-refractivity contribution >= 4 is 87.5 Å². The molecular formula is C48H28N2O2. The Labute approximate surface area is 296 Å². The molecule has 0 saturated heterocycles. The van der Waals surface area contributed by atoms with Crippen LogP contribution in [0.3, 0.4) is 0 Å². The predicted molar refractivity (Wildman–Crippen MR) is 215 cm³/mol. The van der Waals surface area contributed by atoms with Gasteiger partial charge in [0.2, 0.25) is 0 Å². The first kappa shape index (κ1) is 27.7. The summed E-state index contributed by atoms with van der Waals surface area (Å²) in [7, 11) is 0. The van der Waals surface area contributed by atoms with Crippen LogP contribution in [-0.4, -0.2) is 9.13 Å². The van der Waals surface area contributed by atoms with Gasteiger partial charge in [-0.05, 0) is 72.3 Å². The molecule has 0 amide bonds. The summed E-state index contributed by atoms with van der Waals surface area (Å²) in [6, 6.07) is 60.4. The highest BCUT2D eigenvalue weighted by atomic mass is 16.3. The van der Waals surface area contributed by atoms with Gasteiger partial charge in [0.05, 0.1) is 22.1 Å². The van der Waals surface area contributed by atoms with Crippen LogP contribution in [0.25, 0.3) is 110 Å². The number of hydrogen-bond donors (Lipinski definition) is 0. The van der Waals surface area contributed by atoms with Crippen LogP contribution >= 0.6 is 0 Å². The Hall–Kier alpha value is -7.04. The molecule has 0 unspecified atom stereocenters. The van der Waals surface area contributed by atoms with E-state index in [1.165, 1.54) is 43.6 Å². The van der Waals surface area contributed by atoms with Gasteiger partial charge in [-0.25, -0.2) is 0 Å². The van der Waals surface area contributed by atoms with Crippen LogP contribution < -0.4 is 0 Å². The molecule has 12 rings (SSSR count). The van der Waals surface area contributed by atoms with Gasteiger partial charge in [0.15, 0.2) is 0 Å². The summed E-state index contributed by atoms with van der Waals surface area (Å²) in [6.07, 6.45) is 0. The Morgan fingerprint density at radius 1 is 0.327 bits per heavy atom. The quantitative estimate of drug-likeness (QED) is 0.188. The van der Waals surface area contributed by atoms with Crippen molar-refractivity contribution in [2.24, 2.45) is 0 Å². The zero-order chi connectivity index (χ0) is 33.9. The molecular weight excluding hydrogens is 637 g/mol. The Kier molecular flexibility index (Phi) is 5.47. The minimum absolute atomic E-state index is 0.839. The van der Waals surface area contributed by atoms with E-state index in [1.807, 2.05) is 6.07 Å². The van der Waals surface area contributed by atoms with Gasteiger partial charge in [0.1, 0.15) is 22.3 Å². The summed E-state index contributed by atoms with van der Waals surface area (Å²) < 4.78 is 18.4. The van der Waals surface area contributed by atoms with Gasteiger partial charge >= 0.3 is 0 Å². The lowest BCUT2D eigenvalue weighted by Crippen LogP contribution is -1.93. The van der Waals surface area contributed by atoms with E-state index in [-0.39, 0.29) is 0 Å². The minimum Gasteiger partial charge on any atom is -0.456 e. The van der Waals surface area contributed by atoms with Crippen LogP contribution in [0.15, 0.2) is 179 Å². The fourth-order valence-corrected chi connectivity index (χ4v) is 8.70. The molecule has 52 heavy (non-hydrogen) atoms. The molecule has 4 aromatic heterocycles. The van der Waals surface area contributed by atoms with Gasteiger partial charge in [0, 0.05) is 60.0 Å². The van der Waals surface area contributed by atoms with Gasteiger partial charge < -0.3 is 18.0 Å². The monoisotopic (exact) mass is 664 g/mol. The van der Waals surface area contributed by atoms with E-state index in [0.29, 0.717) is 0 Å². The summed E-state index contributed by atoms with van der Waals surface area (Å²) in [4.78, 5) is 0. The van der Waals surface area contributed by atoms with E-state index < -0.39 is 0 Å². The van der Waals surface area contributed by atoms with E-state index in [0.717, 1.165) is 66.4 Å².